The molecule has 2 fully saturated rings. The zero-order chi connectivity index (χ0) is 29.4. The van der Waals surface area contributed by atoms with Crippen molar-refractivity contribution < 1.29 is 9.59 Å². The number of rotatable bonds is 7. The van der Waals surface area contributed by atoms with E-state index < -0.39 is 17.5 Å². The number of anilines is 1. The molecule has 2 aliphatic rings. The number of hydrogen-bond acceptors (Lipinski definition) is 4. The summed E-state index contributed by atoms with van der Waals surface area (Å²) in [6, 6.07) is 22.3. The van der Waals surface area contributed by atoms with Crippen LogP contribution in [0, 0.1) is 5.41 Å². The Labute approximate surface area is 252 Å². The maximum atomic E-state index is 14.0. The standard InChI is InChI=1S/C33H38Cl2N4O2/c1-32(2,3)19-27-33(36,23-11-13-24(34)14-12-23)29(22-6-4-7-25(35)18-22)30(38-27)31(41)37-20-21-9-15-26(16-10-21)39-17-5-8-28(39)40/h4,6-7,9-16,18,27,29-30,38H,5,8,17,19-20,36H2,1-3H3,(H,37,41). The van der Waals surface area contributed by atoms with Gasteiger partial charge in [-0.05, 0) is 71.3 Å². The average molecular weight is 594 g/mol. The fourth-order valence-corrected chi connectivity index (χ4v) is 6.64. The van der Waals surface area contributed by atoms with E-state index >= 15 is 0 Å². The van der Waals surface area contributed by atoms with Crippen molar-refractivity contribution >= 4 is 40.7 Å². The summed E-state index contributed by atoms with van der Waals surface area (Å²) in [7, 11) is 0. The predicted molar refractivity (Wildman–Crippen MR) is 166 cm³/mol. The minimum absolute atomic E-state index is 0.0442. The number of nitrogens with one attached hydrogen (secondary N) is 2. The molecule has 2 aliphatic heterocycles. The Morgan fingerprint density at radius 1 is 1.05 bits per heavy atom. The van der Waals surface area contributed by atoms with E-state index in [1.165, 1.54) is 0 Å². The number of carbonyl (C=O) groups excluding carboxylic acids is 2. The molecule has 0 aliphatic carbocycles. The summed E-state index contributed by atoms with van der Waals surface area (Å²) in [5, 5.41) is 8.01. The number of carbonyl (C=O) groups is 2. The van der Waals surface area contributed by atoms with Crippen molar-refractivity contribution in [2.75, 3.05) is 11.4 Å². The van der Waals surface area contributed by atoms with Crippen molar-refractivity contribution in [3.63, 3.8) is 0 Å². The second-order valence-corrected chi connectivity index (χ2v) is 13.3. The third kappa shape index (κ3) is 6.31. The zero-order valence-electron chi connectivity index (χ0n) is 23.8. The molecule has 2 saturated heterocycles. The van der Waals surface area contributed by atoms with Gasteiger partial charge in [0, 0.05) is 47.2 Å². The molecule has 6 nitrogen and oxygen atoms in total. The minimum atomic E-state index is -0.908. The molecule has 3 aromatic rings. The molecule has 4 atom stereocenters. The summed E-state index contributed by atoms with van der Waals surface area (Å²) in [5.74, 6) is -0.367. The Morgan fingerprint density at radius 3 is 2.37 bits per heavy atom. The summed E-state index contributed by atoms with van der Waals surface area (Å²) in [6.45, 7) is 7.64. The Morgan fingerprint density at radius 2 is 1.76 bits per heavy atom. The van der Waals surface area contributed by atoms with Crippen LogP contribution >= 0.6 is 23.2 Å². The van der Waals surface area contributed by atoms with E-state index in [9.17, 15) is 9.59 Å². The molecule has 4 N–H and O–H groups in total. The molecule has 0 spiro atoms. The van der Waals surface area contributed by atoms with Gasteiger partial charge in [0.25, 0.3) is 0 Å². The Hall–Kier alpha value is -2.90. The fraction of sp³-hybridized carbons (Fsp3) is 0.394. The van der Waals surface area contributed by atoms with Gasteiger partial charge in [-0.2, -0.15) is 0 Å². The molecule has 0 saturated carbocycles. The lowest BCUT2D eigenvalue weighted by Crippen LogP contribution is -2.51. The lowest BCUT2D eigenvalue weighted by atomic mass is 9.68. The number of nitrogens with two attached hydrogens (primary N) is 1. The van der Waals surface area contributed by atoms with Gasteiger partial charge in [-0.1, -0.05) is 80.4 Å². The van der Waals surface area contributed by atoms with Crippen LogP contribution in [0.15, 0.2) is 72.8 Å². The Balaban J connectivity index is 1.45. The summed E-state index contributed by atoms with van der Waals surface area (Å²) in [6.07, 6.45) is 2.23. The molecule has 216 valence electrons. The largest absolute Gasteiger partial charge is 0.351 e. The van der Waals surface area contributed by atoms with Gasteiger partial charge >= 0.3 is 0 Å². The molecule has 4 unspecified atom stereocenters. The smallest absolute Gasteiger partial charge is 0.238 e. The van der Waals surface area contributed by atoms with Gasteiger partial charge in [-0.3, -0.25) is 9.59 Å². The van der Waals surface area contributed by atoms with Crippen LogP contribution in [0.2, 0.25) is 10.0 Å². The minimum Gasteiger partial charge on any atom is -0.351 e. The average Bonchev–Trinajstić information content (AvgIpc) is 3.48. The van der Waals surface area contributed by atoms with Crippen molar-refractivity contribution in [3.05, 3.63) is 99.5 Å². The molecule has 41 heavy (non-hydrogen) atoms. The molecule has 2 heterocycles. The SMILES string of the molecule is CC(C)(C)CC1NC(C(=O)NCc2ccc(N3CCCC3=O)cc2)C(c2cccc(Cl)c2)C1(N)c1ccc(Cl)cc1. The topological polar surface area (TPSA) is 87.5 Å². The molecule has 5 rings (SSSR count). The van der Waals surface area contributed by atoms with Crippen LogP contribution in [0.25, 0.3) is 0 Å². The second kappa shape index (κ2) is 11.8. The van der Waals surface area contributed by atoms with E-state index in [0.717, 1.165) is 41.8 Å². The summed E-state index contributed by atoms with van der Waals surface area (Å²) in [5.41, 5.74) is 10.2. The van der Waals surface area contributed by atoms with Crippen LogP contribution in [0.3, 0.4) is 0 Å². The van der Waals surface area contributed by atoms with Gasteiger partial charge in [0.2, 0.25) is 11.8 Å². The second-order valence-electron chi connectivity index (χ2n) is 12.5. The summed E-state index contributed by atoms with van der Waals surface area (Å²) in [4.78, 5) is 27.9. The van der Waals surface area contributed by atoms with Crippen molar-refractivity contribution in [1.29, 1.82) is 0 Å². The van der Waals surface area contributed by atoms with Crippen LogP contribution in [-0.4, -0.2) is 30.4 Å². The molecule has 2 amide bonds. The molecular weight excluding hydrogens is 555 g/mol. The number of benzene rings is 3. The first-order valence-electron chi connectivity index (χ1n) is 14.2. The highest BCUT2D eigenvalue weighted by Gasteiger charge is 2.56. The van der Waals surface area contributed by atoms with Crippen LogP contribution in [0.4, 0.5) is 5.69 Å². The van der Waals surface area contributed by atoms with Crippen LogP contribution in [0.1, 0.15) is 62.6 Å². The highest BCUT2D eigenvalue weighted by molar-refractivity contribution is 6.30. The molecule has 0 radical (unpaired) electrons. The fourth-order valence-electron chi connectivity index (χ4n) is 6.31. The third-order valence-corrected chi connectivity index (χ3v) is 8.73. The number of amides is 2. The lowest BCUT2D eigenvalue weighted by molar-refractivity contribution is -0.123. The van der Waals surface area contributed by atoms with E-state index in [1.54, 1.807) is 0 Å². The highest BCUT2D eigenvalue weighted by atomic mass is 35.5. The van der Waals surface area contributed by atoms with Gasteiger partial charge < -0.3 is 21.3 Å². The quantitative estimate of drug-likeness (QED) is 0.307. The summed E-state index contributed by atoms with van der Waals surface area (Å²) >= 11 is 12.7. The van der Waals surface area contributed by atoms with E-state index in [-0.39, 0.29) is 23.3 Å². The molecule has 0 aromatic heterocycles. The summed E-state index contributed by atoms with van der Waals surface area (Å²) < 4.78 is 0. The highest BCUT2D eigenvalue weighted by Crippen LogP contribution is 2.48. The first-order valence-corrected chi connectivity index (χ1v) is 14.9. The van der Waals surface area contributed by atoms with Crippen molar-refractivity contribution in [2.24, 2.45) is 11.1 Å². The van der Waals surface area contributed by atoms with Crippen molar-refractivity contribution in [3.8, 4) is 0 Å². The number of nitrogens with zero attached hydrogens (tertiary/aromatic N) is 1. The van der Waals surface area contributed by atoms with Crippen LogP contribution in [0.5, 0.6) is 0 Å². The van der Waals surface area contributed by atoms with Gasteiger partial charge in [0.1, 0.15) is 0 Å². The van der Waals surface area contributed by atoms with E-state index in [0.29, 0.717) is 23.0 Å². The third-order valence-electron chi connectivity index (χ3n) is 8.24. The van der Waals surface area contributed by atoms with E-state index in [1.807, 2.05) is 77.7 Å². The first-order chi connectivity index (χ1) is 19.5. The van der Waals surface area contributed by atoms with E-state index in [4.69, 9.17) is 28.9 Å². The van der Waals surface area contributed by atoms with Gasteiger partial charge in [-0.25, -0.2) is 0 Å². The van der Waals surface area contributed by atoms with Crippen molar-refractivity contribution in [2.45, 2.75) is 70.1 Å². The molecule has 3 aromatic carbocycles. The lowest BCUT2D eigenvalue weighted by Gasteiger charge is -2.39. The van der Waals surface area contributed by atoms with Gasteiger partial charge in [-0.15, -0.1) is 0 Å². The van der Waals surface area contributed by atoms with Gasteiger partial charge in [0.15, 0.2) is 0 Å². The van der Waals surface area contributed by atoms with Crippen molar-refractivity contribution in [1.82, 2.24) is 10.6 Å². The first kappa shape index (κ1) is 29.6. The van der Waals surface area contributed by atoms with Gasteiger partial charge in [0.05, 0.1) is 11.6 Å². The van der Waals surface area contributed by atoms with Crippen LogP contribution in [-0.2, 0) is 21.7 Å². The van der Waals surface area contributed by atoms with E-state index in [2.05, 4.69) is 31.4 Å². The predicted octanol–water partition coefficient (Wildman–Crippen LogP) is 6.15. The molecule has 0 bridgehead atoms. The maximum Gasteiger partial charge on any atom is 0.238 e. The molecular formula is C33H38Cl2N4O2. The monoisotopic (exact) mass is 592 g/mol. The zero-order valence-corrected chi connectivity index (χ0v) is 25.3. The normalized spacial score (nSPS) is 24.6. The Bertz CT molecular complexity index is 1400. The number of hydrogen-bond donors (Lipinski definition) is 3. The maximum absolute atomic E-state index is 14.0. The molecule has 8 heteroatoms. The number of halogens is 2. The Kier molecular flexibility index (Phi) is 8.49. The van der Waals surface area contributed by atoms with Crippen LogP contribution < -0.4 is 21.3 Å².